The molecule has 0 aliphatic heterocycles. The maximum atomic E-state index is 13.3. The molecular weight excluding hydrogens is 422 g/mol. The lowest BCUT2D eigenvalue weighted by Crippen LogP contribution is -2.34. The topological polar surface area (TPSA) is 91.7 Å². The summed E-state index contributed by atoms with van der Waals surface area (Å²) in [5.41, 5.74) is 2.28. The fraction of sp³-hybridized carbons (Fsp3) is 0.320. The number of rotatable bonds is 10. The van der Waals surface area contributed by atoms with Gasteiger partial charge in [-0.15, -0.1) is 0 Å². The first-order valence-electron chi connectivity index (χ1n) is 10.9. The summed E-state index contributed by atoms with van der Waals surface area (Å²) in [6.07, 6.45) is -0.0312. The predicted molar refractivity (Wildman–Crippen MR) is 126 cm³/mol. The van der Waals surface area contributed by atoms with Gasteiger partial charge in [-0.1, -0.05) is 60.2 Å². The van der Waals surface area contributed by atoms with Crippen LogP contribution in [-0.4, -0.2) is 35.1 Å². The van der Waals surface area contributed by atoms with Crippen LogP contribution >= 0.6 is 0 Å². The number of hydrogen-bond acceptors (Lipinski definition) is 6. The van der Waals surface area contributed by atoms with Crippen LogP contribution in [0.2, 0.25) is 0 Å². The van der Waals surface area contributed by atoms with Crippen LogP contribution in [0.5, 0.6) is 0 Å². The fourth-order valence-electron chi connectivity index (χ4n) is 3.22. The van der Waals surface area contributed by atoms with Crippen molar-refractivity contribution in [3.8, 4) is 11.4 Å². The van der Waals surface area contributed by atoms with Crippen molar-refractivity contribution in [2.24, 2.45) is 0 Å². The number of carbonyl (C=O) groups excluding carboxylic acids is 1. The van der Waals surface area contributed by atoms with Gasteiger partial charge in [0, 0.05) is 18.8 Å². The molecule has 0 radical (unpaired) electrons. The SMILES string of the molecule is CCOC(Cn1c(-c2ccc(C)cc2)ncc(NC(=O)OCc2ccccc2)c1=O)OCC. The van der Waals surface area contributed by atoms with Crippen LogP contribution in [0.1, 0.15) is 25.0 Å². The van der Waals surface area contributed by atoms with E-state index in [1.54, 1.807) is 0 Å². The van der Waals surface area contributed by atoms with Crippen LogP contribution < -0.4 is 10.9 Å². The Bertz CT molecular complexity index is 1090. The van der Waals surface area contributed by atoms with E-state index < -0.39 is 17.9 Å². The van der Waals surface area contributed by atoms with Crippen molar-refractivity contribution >= 4 is 11.8 Å². The average molecular weight is 452 g/mol. The van der Waals surface area contributed by atoms with Crippen LogP contribution in [0, 0.1) is 6.92 Å². The number of ether oxygens (including phenoxy) is 3. The summed E-state index contributed by atoms with van der Waals surface area (Å²) in [6, 6.07) is 17.0. The zero-order valence-electron chi connectivity index (χ0n) is 19.1. The first-order chi connectivity index (χ1) is 16.0. The van der Waals surface area contributed by atoms with Gasteiger partial charge in [0.2, 0.25) is 0 Å². The molecule has 0 saturated heterocycles. The molecule has 3 rings (SSSR count). The second kappa shape index (κ2) is 11.9. The minimum absolute atomic E-state index is 0.00988. The Balaban J connectivity index is 1.87. The molecule has 0 fully saturated rings. The van der Waals surface area contributed by atoms with E-state index >= 15 is 0 Å². The van der Waals surface area contributed by atoms with Crippen molar-refractivity contribution in [2.75, 3.05) is 18.5 Å². The molecule has 0 unspecified atom stereocenters. The van der Waals surface area contributed by atoms with Gasteiger partial charge in [-0.3, -0.25) is 14.7 Å². The van der Waals surface area contributed by atoms with E-state index in [1.165, 1.54) is 10.8 Å². The number of benzene rings is 2. The lowest BCUT2D eigenvalue weighted by Gasteiger charge is -2.21. The zero-order chi connectivity index (χ0) is 23.6. The number of nitrogens with zero attached hydrogens (tertiary/aromatic N) is 2. The van der Waals surface area contributed by atoms with E-state index in [0.717, 1.165) is 16.7 Å². The summed E-state index contributed by atoms with van der Waals surface area (Å²) in [5.74, 6) is 0.451. The highest BCUT2D eigenvalue weighted by Crippen LogP contribution is 2.18. The molecule has 0 aliphatic carbocycles. The number of hydrogen-bond donors (Lipinski definition) is 1. The zero-order valence-corrected chi connectivity index (χ0v) is 19.1. The second-order valence-corrected chi connectivity index (χ2v) is 7.30. The number of carbonyl (C=O) groups is 1. The molecule has 0 saturated carbocycles. The highest BCUT2D eigenvalue weighted by molar-refractivity contribution is 5.84. The largest absolute Gasteiger partial charge is 0.444 e. The second-order valence-electron chi connectivity index (χ2n) is 7.30. The average Bonchev–Trinajstić information content (AvgIpc) is 2.82. The first kappa shape index (κ1) is 24.2. The van der Waals surface area contributed by atoms with Crippen molar-refractivity contribution in [1.82, 2.24) is 9.55 Å². The molecule has 33 heavy (non-hydrogen) atoms. The predicted octanol–water partition coefficient (Wildman–Crippen LogP) is 4.37. The van der Waals surface area contributed by atoms with Crippen molar-refractivity contribution in [3.63, 3.8) is 0 Å². The maximum absolute atomic E-state index is 13.3. The van der Waals surface area contributed by atoms with Gasteiger partial charge in [-0.2, -0.15) is 0 Å². The van der Waals surface area contributed by atoms with Crippen LogP contribution in [0.4, 0.5) is 10.5 Å². The number of anilines is 1. The molecule has 1 N–H and O–H groups in total. The molecule has 1 aromatic heterocycles. The summed E-state index contributed by atoms with van der Waals surface area (Å²) < 4.78 is 18.0. The molecule has 0 bridgehead atoms. The highest BCUT2D eigenvalue weighted by atomic mass is 16.7. The van der Waals surface area contributed by atoms with Crippen LogP contribution in [0.3, 0.4) is 0 Å². The Morgan fingerprint density at radius 1 is 1.03 bits per heavy atom. The lowest BCUT2D eigenvalue weighted by atomic mass is 10.1. The fourth-order valence-corrected chi connectivity index (χ4v) is 3.22. The van der Waals surface area contributed by atoms with Crippen LogP contribution in [0.25, 0.3) is 11.4 Å². The quantitative estimate of drug-likeness (QED) is 0.461. The van der Waals surface area contributed by atoms with Crippen molar-refractivity contribution < 1.29 is 19.0 Å². The molecule has 0 atom stereocenters. The molecular formula is C25H29N3O5. The normalized spacial score (nSPS) is 10.9. The van der Waals surface area contributed by atoms with Crippen LogP contribution in [-0.2, 0) is 27.4 Å². The number of nitrogens with one attached hydrogen (secondary N) is 1. The van der Waals surface area contributed by atoms with E-state index in [4.69, 9.17) is 14.2 Å². The van der Waals surface area contributed by atoms with Crippen LogP contribution in [0.15, 0.2) is 65.6 Å². The smallest absolute Gasteiger partial charge is 0.412 e. The monoisotopic (exact) mass is 451 g/mol. The Kier molecular flexibility index (Phi) is 8.74. The van der Waals surface area contributed by atoms with Gasteiger partial charge >= 0.3 is 6.09 Å². The number of aryl methyl sites for hydroxylation is 1. The van der Waals surface area contributed by atoms with Gasteiger partial charge in [0.1, 0.15) is 18.1 Å². The molecule has 0 spiro atoms. The van der Waals surface area contributed by atoms with Gasteiger partial charge in [0.15, 0.2) is 6.29 Å². The lowest BCUT2D eigenvalue weighted by molar-refractivity contribution is -0.143. The third-order valence-corrected chi connectivity index (χ3v) is 4.84. The molecule has 3 aromatic rings. The minimum atomic E-state index is -0.737. The summed E-state index contributed by atoms with van der Waals surface area (Å²) in [6.45, 7) is 6.76. The number of amides is 1. The van der Waals surface area contributed by atoms with Gasteiger partial charge in [0.05, 0.1) is 12.7 Å². The highest BCUT2D eigenvalue weighted by Gasteiger charge is 2.19. The molecule has 1 heterocycles. The molecule has 1 amide bonds. The van der Waals surface area contributed by atoms with E-state index in [0.29, 0.717) is 19.0 Å². The van der Waals surface area contributed by atoms with Crippen molar-refractivity contribution in [3.05, 3.63) is 82.3 Å². The van der Waals surface area contributed by atoms with Crippen molar-refractivity contribution in [1.29, 1.82) is 0 Å². The molecule has 0 aliphatic rings. The van der Waals surface area contributed by atoms with E-state index in [9.17, 15) is 9.59 Å². The molecule has 174 valence electrons. The van der Waals surface area contributed by atoms with E-state index in [2.05, 4.69) is 10.3 Å². The van der Waals surface area contributed by atoms with Gasteiger partial charge in [-0.25, -0.2) is 9.78 Å². The van der Waals surface area contributed by atoms with E-state index in [-0.39, 0.29) is 18.8 Å². The summed E-state index contributed by atoms with van der Waals surface area (Å²) >= 11 is 0. The summed E-state index contributed by atoms with van der Waals surface area (Å²) in [7, 11) is 0. The third kappa shape index (κ3) is 6.74. The number of aromatic nitrogens is 2. The maximum Gasteiger partial charge on any atom is 0.412 e. The third-order valence-electron chi connectivity index (χ3n) is 4.84. The van der Waals surface area contributed by atoms with Gasteiger partial charge in [-0.05, 0) is 26.3 Å². The van der Waals surface area contributed by atoms with Crippen molar-refractivity contribution in [2.45, 2.75) is 40.2 Å². The first-order valence-corrected chi connectivity index (χ1v) is 10.9. The summed E-state index contributed by atoms with van der Waals surface area (Å²) in [5, 5.41) is 2.51. The minimum Gasteiger partial charge on any atom is -0.444 e. The van der Waals surface area contributed by atoms with E-state index in [1.807, 2.05) is 75.4 Å². The molecule has 8 heteroatoms. The Hall–Kier alpha value is -3.49. The Labute approximate surface area is 193 Å². The molecule has 2 aromatic carbocycles. The van der Waals surface area contributed by atoms with Gasteiger partial charge < -0.3 is 14.2 Å². The standard InChI is InChI=1S/C25H29N3O5/c1-4-31-22(32-5-2)16-28-23(20-13-11-18(3)12-14-20)26-15-21(24(28)29)27-25(30)33-17-19-9-7-6-8-10-19/h6-15,22H,4-5,16-17H2,1-3H3,(H,27,30). The summed E-state index contributed by atoms with van der Waals surface area (Å²) in [4.78, 5) is 30.1. The van der Waals surface area contributed by atoms with Gasteiger partial charge in [0.25, 0.3) is 5.56 Å². The molecule has 8 nitrogen and oxygen atoms in total. The Morgan fingerprint density at radius 3 is 2.33 bits per heavy atom. The Morgan fingerprint density at radius 2 is 1.70 bits per heavy atom.